The lowest BCUT2D eigenvalue weighted by Gasteiger charge is -2.32. The lowest BCUT2D eigenvalue weighted by Crippen LogP contribution is -2.36. The molecule has 2 N–H and O–H groups in total. The molecule has 0 aliphatic carbocycles. The molecular weight excluding hydrogens is 354 g/mol. The molecule has 3 rings (SSSR count). The smallest absolute Gasteiger partial charge is 0.273 e. The van der Waals surface area contributed by atoms with Crippen molar-refractivity contribution in [2.24, 2.45) is 0 Å². The van der Waals surface area contributed by atoms with E-state index in [1.165, 1.54) is 5.56 Å². The van der Waals surface area contributed by atoms with Crippen molar-refractivity contribution in [2.45, 2.75) is 31.8 Å². The second-order valence-corrected chi connectivity index (χ2v) is 7.01. The van der Waals surface area contributed by atoms with Crippen LogP contribution in [0.3, 0.4) is 0 Å². The van der Waals surface area contributed by atoms with Gasteiger partial charge in [-0.1, -0.05) is 28.9 Å². The summed E-state index contributed by atoms with van der Waals surface area (Å²) in [7, 11) is 0. The van der Waals surface area contributed by atoms with E-state index in [1.54, 1.807) is 10.9 Å². The van der Waals surface area contributed by atoms with Crippen LogP contribution in [0.5, 0.6) is 0 Å². The lowest BCUT2D eigenvalue weighted by atomic mass is 10.0. The normalized spacial score (nSPS) is 18.0. The van der Waals surface area contributed by atoms with Gasteiger partial charge in [-0.05, 0) is 43.5 Å². The molecule has 1 aromatic carbocycles. The molecular formula is C18H24ClN5O2. The van der Waals surface area contributed by atoms with Gasteiger partial charge >= 0.3 is 0 Å². The summed E-state index contributed by atoms with van der Waals surface area (Å²) in [6.45, 7) is 3.27. The molecule has 0 unspecified atom stereocenters. The topological polar surface area (TPSA) is 83.3 Å². The standard InChI is InChI=1S/C18H24ClN5O2/c19-15-6-4-14(5-7-15)11-23-9-1-3-16(12-23)24-13-17(21-22-24)18(26)20-8-2-10-25/h4-7,13,16,25H,1-3,8-12H2,(H,20,26)/t16-/m1/s1. The summed E-state index contributed by atoms with van der Waals surface area (Å²) in [6, 6.07) is 8.14. The average Bonchev–Trinajstić information content (AvgIpc) is 3.14. The van der Waals surface area contributed by atoms with Crippen LogP contribution in [0.4, 0.5) is 0 Å². The number of piperidine rings is 1. The molecule has 1 saturated heterocycles. The van der Waals surface area contributed by atoms with E-state index < -0.39 is 0 Å². The second kappa shape index (κ2) is 9.12. The van der Waals surface area contributed by atoms with E-state index in [-0.39, 0.29) is 18.6 Å². The van der Waals surface area contributed by atoms with Gasteiger partial charge in [-0.2, -0.15) is 0 Å². The minimum Gasteiger partial charge on any atom is -0.396 e. The maximum Gasteiger partial charge on any atom is 0.273 e. The van der Waals surface area contributed by atoms with Gasteiger partial charge in [0, 0.05) is 31.3 Å². The zero-order valence-electron chi connectivity index (χ0n) is 14.6. The molecule has 2 heterocycles. The van der Waals surface area contributed by atoms with Gasteiger partial charge in [0.25, 0.3) is 5.91 Å². The summed E-state index contributed by atoms with van der Waals surface area (Å²) < 4.78 is 1.80. The summed E-state index contributed by atoms with van der Waals surface area (Å²) in [6.07, 6.45) is 4.34. The first kappa shape index (κ1) is 18.8. The Bertz CT molecular complexity index is 719. The van der Waals surface area contributed by atoms with Gasteiger partial charge in [-0.3, -0.25) is 9.69 Å². The predicted molar refractivity (Wildman–Crippen MR) is 99.1 cm³/mol. The van der Waals surface area contributed by atoms with E-state index in [1.807, 2.05) is 12.1 Å². The highest BCUT2D eigenvalue weighted by Gasteiger charge is 2.23. The molecule has 140 valence electrons. The first-order valence-corrected chi connectivity index (χ1v) is 9.31. The maximum absolute atomic E-state index is 12.0. The Hall–Kier alpha value is -1.96. The van der Waals surface area contributed by atoms with Crippen LogP contribution in [0.15, 0.2) is 30.5 Å². The summed E-state index contributed by atoms with van der Waals surface area (Å²) in [5.41, 5.74) is 1.55. The maximum atomic E-state index is 12.0. The lowest BCUT2D eigenvalue weighted by molar-refractivity contribution is 0.0946. The third-order valence-corrected chi connectivity index (χ3v) is 4.79. The molecule has 1 aliphatic heterocycles. The molecule has 0 radical (unpaired) electrons. The number of nitrogens with zero attached hydrogens (tertiary/aromatic N) is 4. The van der Waals surface area contributed by atoms with Crippen LogP contribution in [-0.2, 0) is 6.54 Å². The van der Waals surface area contributed by atoms with E-state index in [9.17, 15) is 4.79 Å². The van der Waals surface area contributed by atoms with Gasteiger partial charge in [0.1, 0.15) is 0 Å². The molecule has 8 heteroatoms. The fraction of sp³-hybridized carbons (Fsp3) is 0.500. The molecule has 2 aromatic rings. The van der Waals surface area contributed by atoms with Crippen LogP contribution in [0.25, 0.3) is 0 Å². The number of hydrogen-bond donors (Lipinski definition) is 2. The number of aliphatic hydroxyl groups excluding tert-OH is 1. The monoisotopic (exact) mass is 377 g/mol. The number of rotatable bonds is 7. The summed E-state index contributed by atoms with van der Waals surface area (Å²) in [4.78, 5) is 14.4. The van der Waals surface area contributed by atoms with Gasteiger partial charge in [0.05, 0.1) is 12.2 Å². The summed E-state index contributed by atoms with van der Waals surface area (Å²) in [5, 5.41) is 20.4. The molecule has 1 amide bonds. The number of carbonyl (C=O) groups excluding carboxylic acids is 1. The molecule has 1 atom stereocenters. The number of benzene rings is 1. The van der Waals surface area contributed by atoms with Crippen molar-refractivity contribution in [3.63, 3.8) is 0 Å². The minimum absolute atomic E-state index is 0.0541. The first-order chi connectivity index (χ1) is 12.7. The van der Waals surface area contributed by atoms with E-state index in [0.717, 1.165) is 37.5 Å². The highest BCUT2D eigenvalue weighted by molar-refractivity contribution is 6.30. The van der Waals surface area contributed by atoms with Crippen molar-refractivity contribution >= 4 is 17.5 Å². The number of likely N-dealkylation sites (tertiary alicyclic amines) is 1. The largest absolute Gasteiger partial charge is 0.396 e. The number of aromatic nitrogens is 3. The van der Waals surface area contributed by atoms with Gasteiger partial charge in [-0.15, -0.1) is 5.10 Å². The summed E-state index contributed by atoms with van der Waals surface area (Å²) in [5.74, 6) is -0.251. The van der Waals surface area contributed by atoms with E-state index in [4.69, 9.17) is 16.7 Å². The fourth-order valence-corrected chi connectivity index (χ4v) is 3.30. The number of carbonyl (C=O) groups is 1. The van der Waals surface area contributed by atoms with Crippen molar-refractivity contribution in [2.75, 3.05) is 26.2 Å². The van der Waals surface area contributed by atoms with Crippen molar-refractivity contribution in [3.05, 3.63) is 46.7 Å². The van der Waals surface area contributed by atoms with Crippen LogP contribution in [0.1, 0.15) is 41.4 Å². The zero-order valence-corrected chi connectivity index (χ0v) is 15.4. The molecule has 0 bridgehead atoms. The number of nitrogens with one attached hydrogen (secondary N) is 1. The van der Waals surface area contributed by atoms with Gasteiger partial charge < -0.3 is 10.4 Å². The Morgan fingerprint density at radius 3 is 2.92 bits per heavy atom. The molecule has 1 aromatic heterocycles. The van der Waals surface area contributed by atoms with E-state index >= 15 is 0 Å². The Kier molecular flexibility index (Phi) is 6.60. The third kappa shape index (κ3) is 5.03. The van der Waals surface area contributed by atoms with Gasteiger partial charge in [0.15, 0.2) is 5.69 Å². The fourth-order valence-electron chi connectivity index (χ4n) is 3.17. The number of aliphatic hydroxyl groups is 1. The number of amides is 1. The Labute approximate surface area is 157 Å². The average molecular weight is 378 g/mol. The van der Waals surface area contributed by atoms with Gasteiger partial charge in [0.2, 0.25) is 0 Å². The number of hydrogen-bond acceptors (Lipinski definition) is 5. The molecule has 7 nitrogen and oxygen atoms in total. The van der Waals surface area contributed by atoms with Gasteiger partial charge in [-0.25, -0.2) is 4.68 Å². The molecule has 1 aliphatic rings. The molecule has 0 saturated carbocycles. The Morgan fingerprint density at radius 2 is 2.15 bits per heavy atom. The van der Waals surface area contributed by atoms with Crippen LogP contribution in [0, 0.1) is 0 Å². The minimum atomic E-state index is -0.251. The predicted octanol–water partition coefficient (Wildman–Crippen LogP) is 1.88. The molecule has 0 spiro atoms. The second-order valence-electron chi connectivity index (χ2n) is 6.57. The highest BCUT2D eigenvalue weighted by atomic mass is 35.5. The zero-order chi connectivity index (χ0) is 18.4. The Morgan fingerprint density at radius 1 is 1.35 bits per heavy atom. The van der Waals surface area contributed by atoms with Crippen molar-refractivity contribution in [1.82, 2.24) is 25.2 Å². The quantitative estimate of drug-likeness (QED) is 0.720. The van der Waals surface area contributed by atoms with Crippen LogP contribution >= 0.6 is 11.6 Å². The van der Waals surface area contributed by atoms with Crippen molar-refractivity contribution < 1.29 is 9.90 Å². The van der Waals surface area contributed by atoms with Crippen LogP contribution in [-0.4, -0.2) is 57.1 Å². The first-order valence-electron chi connectivity index (χ1n) is 8.93. The van der Waals surface area contributed by atoms with Crippen LogP contribution in [0.2, 0.25) is 5.02 Å². The number of halogens is 1. The SMILES string of the molecule is O=C(NCCCO)c1cn([C@@H]2CCCN(Cc3ccc(Cl)cc3)C2)nn1. The van der Waals surface area contributed by atoms with E-state index in [0.29, 0.717) is 18.7 Å². The molecule has 26 heavy (non-hydrogen) atoms. The Balaban J connectivity index is 1.57. The third-order valence-electron chi connectivity index (χ3n) is 4.54. The van der Waals surface area contributed by atoms with Crippen molar-refractivity contribution in [3.8, 4) is 0 Å². The molecule has 1 fully saturated rings. The highest BCUT2D eigenvalue weighted by Crippen LogP contribution is 2.22. The van der Waals surface area contributed by atoms with E-state index in [2.05, 4.69) is 32.7 Å². The van der Waals surface area contributed by atoms with Crippen LogP contribution < -0.4 is 5.32 Å². The summed E-state index contributed by atoms with van der Waals surface area (Å²) >= 11 is 5.95. The van der Waals surface area contributed by atoms with Crippen molar-refractivity contribution in [1.29, 1.82) is 0 Å².